The molecule has 17 heavy (non-hydrogen) atoms. The minimum Gasteiger partial charge on any atom is -0.362 e. The Balaban J connectivity index is 2.13. The van der Waals surface area contributed by atoms with Crippen LogP contribution in [0, 0.1) is 0 Å². The predicted octanol–water partition coefficient (Wildman–Crippen LogP) is -0.326. The molecule has 1 aromatic rings. The largest absolute Gasteiger partial charge is 0.362 e. The van der Waals surface area contributed by atoms with Crippen molar-refractivity contribution < 1.29 is 14.7 Å². The van der Waals surface area contributed by atoms with E-state index in [9.17, 15) is 10.2 Å². The Hall–Kier alpha value is -1.47. The molecule has 2 heterocycles. The van der Waals surface area contributed by atoms with E-state index >= 15 is 0 Å². The van der Waals surface area contributed by atoms with Crippen LogP contribution in [0.15, 0.2) is 9.52 Å². The van der Waals surface area contributed by atoms with E-state index in [2.05, 4.69) is 15.1 Å². The number of aromatic nitrogens is 2. The fourth-order valence-electron chi connectivity index (χ4n) is 1.64. The number of aliphatic imine (C=N–C) groups is 1. The Morgan fingerprint density at radius 1 is 1.59 bits per heavy atom. The summed E-state index contributed by atoms with van der Waals surface area (Å²) in [5, 5.41) is 22.2. The molecule has 0 radical (unpaired) electrons. The molecule has 1 atom stereocenters. The molecule has 0 aliphatic carbocycles. The highest BCUT2D eigenvalue weighted by molar-refractivity contribution is 5.56. The highest BCUT2D eigenvalue weighted by atomic mass is 16.5. The third-order valence-electron chi connectivity index (χ3n) is 2.65. The van der Waals surface area contributed by atoms with Gasteiger partial charge in [-0.3, -0.25) is 4.99 Å². The van der Waals surface area contributed by atoms with Crippen molar-refractivity contribution >= 4 is 6.34 Å². The Morgan fingerprint density at radius 2 is 2.35 bits per heavy atom. The average molecular weight is 240 g/mol. The summed E-state index contributed by atoms with van der Waals surface area (Å²) in [7, 11) is 0. The number of likely N-dealkylation sites (N-methyl/N-ethyl adjacent to an activating group) is 1. The van der Waals surface area contributed by atoms with E-state index in [1.54, 1.807) is 6.34 Å². The molecule has 1 aromatic heterocycles. The fraction of sp³-hybridized carbons (Fsp3) is 0.700. The van der Waals surface area contributed by atoms with E-state index in [4.69, 9.17) is 4.52 Å². The van der Waals surface area contributed by atoms with Crippen LogP contribution in [0.5, 0.6) is 0 Å². The van der Waals surface area contributed by atoms with Crippen molar-refractivity contribution in [3.05, 3.63) is 11.7 Å². The highest BCUT2D eigenvalue weighted by Gasteiger charge is 2.29. The zero-order valence-corrected chi connectivity index (χ0v) is 9.87. The van der Waals surface area contributed by atoms with Crippen LogP contribution in [0.4, 0.5) is 0 Å². The standard InChI is InChI=1S/C10H16N4O3/c1-3-14-5-7(4-11-6-14)8-12-9(13-17-8)10(2,15)16/h6-7,15-16H,3-5H2,1-2H3. The summed E-state index contributed by atoms with van der Waals surface area (Å²) in [6, 6.07) is 0. The van der Waals surface area contributed by atoms with E-state index in [0.29, 0.717) is 12.4 Å². The number of aliphatic hydroxyl groups is 2. The molecule has 0 aromatic carbocycles. The molecule has 1 aliphatic rings. The van der Waals surface area contributed by atoms with Crippen molar-refractivity contribution in [2.24, 2.45) is 4.99 Å². The molecule has 0 amide bonds. The maximum atomic E-state index is 9.33. The normalized spacial score (nSPS) is 20.9. The van der Waals surface area contributed by atoms with E-state index in [1.807, 2.05) is 11.8 Å². The van der Waals surface area contributed by atoms with Crippen LogP contribution in [0.25, 0.3) is 0 Å². The molecule has 0 fully saturated rings. The first-order chi connectivity index (χ1) is 8.00. The molecular weight excluding hydrogens is 224 g/mol. The quantitative estimate of drug-likeness (QED) is 0.703. The lowest BCUT2D eigenvalue weighted by atomic mass is 10.1. The van der Waals surface area contributed by atoms with Gasteiger partial charge in [0.1, 0.15) is 0 Å². The zero-order valence-electron chi connectivity index (χ0n) is 9.87. The van der Waals surface area contributed by atoms with Gasteiger partial charge in [0.25, 0.3) is 0 Å². The smallest absolute Gasteiger partial charge is 0.233 e. The summed E-state index contributed by atoms with van der Waals surface area (Å²) in [5.74, 6) is -1.79. The Kier molecular flexibility index (Phi) is 3.12. The van der Waals surface area contributed by atoms with Crippen molar-refractivity contribution in [1.29, 1.82) is 0 Å². The summed E-state index contributed by atoms with van der Waals surface area (Å²) < 4.78 is 5.04. The molecule has 2 N–H and O–H groups in total. The van der Waals surface area contributed by atoms with Crippen molar-refractivity contribution in [2.45, 2.75) is 25.6 Å². The van der Waals surface area contributed by atoms with Gasteiger partial charge in [-0.1, -0.05) is 5.16 Å². The van der Waals surface area contributed by atoms with E-state index in [0.717, 1.165) is 13.1 Å². The van der Waals surface area contributed by atoms with Gasteiger partial charge < -0.3 is 19.6 Å². The van der Waals surface area contributed by atoms with E-state index < -0.39 is 5.79 Å². The van der Waals surface area contributed by atoms with Crippen molar-refractivity contribution in [1.82, 2.24) is 15.0 Å². The molecule has 94 valence electrons. The molecule has 0 saturated carbocycles. The van der Waals surface area contributed by atoms with Gasteiger partial charge in [0, 0.05) is 13.1 Å². The Bertz CT molecular complexity index is 410. The predicted molar refractivity (Wildman–Crippen MR) is 59.4 cm³/mol. The summed E-state index contributed by atoms with van der Waals surface area (Å²) >= 11 is 0. The lowest BCUT2D eigenvalue weighted by Gasteiger charge is -2.25. The third-order valence-corrected chi connectivity index (χ3v) is 2.65. The van der Waals surface area contributed by atoms with Crippen LogP contribution in [0.1, 0.15) is 31.5 Å². The molecule has 2 rings (SSSR count). The lowest BCUT2D eigenvalue weighted by Crippen LogP contribution is -2.32. The fourth-order valence-corrected chi connectivity index (χ4v) is 1.64. The van der Waals surface area contributed by atoms with Gasteiger partial charge in [-0.15, -0.1) is 0 Å². The maximum absolute atomic E-state index is 9.33. The second-order valence-electron chi connectivity index (χ2n) is 4.24. The van der Waals surface area contributed by atoms with Gasteiger partial charge in [-0.25, -0.2) is 0 Å². The first-order valence-corrected chi connectivity index (χ1v) is 5.53. The Labute approximate surface area is 98.8 Å². The van der Waals surface area contributed by atoms with Crippen molar-refractivity contribution in [3.63, 3.8) is 0 Å². The summed E-state index contributed by atoms with van der Waals surface area (Å²) in [4.78, 5) is 10.2. The molecule has 7 heteroatoms. The van der Waals surface area contributed by atoms with Gasteiger partial charge in [-0.05, 0) is 13.8 Å². The maximum Gasteiger partial charge on any atom is 0.233 e. The molecule has 0 spiro atoms. The van der Waals surface area contributed by atoms with Crippen LogP contribution in [-0.2, 0) is 5.79 Å². The second-order valence-corrected chi connectivity index (χ2v) is 4.24. The SMILES string of the molecule is CCN1C=NCC(c2nc(C(C)(O)O)no2)C1. The van der Waals surface area contributed by atoms with Crippen LogP contribution in [0.2, 0.25) is 0 Å². The molecule has 1 unspecified atom stereocenters. The van der Waals surface area contributed by atoms with Crippen molar-refractivity contribution in [2.75, 3.05) is 19.6 Å². The number of rotatable bonds is 3. The van der Waals surface area contributed by atoms with Crippen LogP contribution in [0.3, 0.4) is 0 Å². The third kappa shape index (κ3) is 2.62. The molecular formula is C10H16N4O3. The summed E-state index contributed by atoms with van der Waals surface area (Å²) in [6.45, 7) is 5.41. The van der Waals surface area contributed by atoms with Crippen molar-refractivity contribution in [3.8, 4) is 0 Å². The lowest BCUT2D eigenvalue weighted by molar-refractivity contribution is -0.160. The second kappa shape index (κ2) is 4.42. The molecule has 0 saturated heterocycles. The van der Waals surface area contributed by atoms with E-state index in [-0.39, 0.29) is 11.7 Å². The summed E-state index contributed by atoms with van der Waals surface area (Å²) in [5.41, 5.74) is 0. The monoisotopic (exact) mass is 240 g/mol. The highest BCUT2D eigenvalue weighted by Crippen LogP contribution is 2.21. The number of nitrogens with zero attached hydrogens (tertiary/aromatic N) is 4. The van der Waals surface area contributed by atoms with Crippen LogP contribution in [-0.4, -0.2) is 51.2 Å². The molecule has 0 bridgehead atoms. The topological polar surface area (TPSA) is 95.0 Å². The van der Waals surface area contributed by atoms with Crippen LogP contribution < -0.4 is 0 Å². The number of hydrogen-bond acceptors (Lipinski definition) is 7. The minimum absolute atomic E-state index is 0.00329. The van der Waals surface area contributed by atoms with Crippen LogP contribution >= 0.6 is 0 Å². The van der Waals surface area contributed by atoms with Gasteiger partial charge >= 0.3 is 0 Å². The molecule has 1 aliphatic heterocycles. The first-order valence-electron chi connectivity index (χ1n) is 5.53. The van der Waals surface area contributed by atoms with Gasteiger partial charge in [0.05, 0.1) is 18.8 Å². The van der Waals surface area contributed by atoms with Gasteiger partial charge in [-0.2, -0.15) is 4.98 Å². The molecule has 7 nitrogen and oxygen atoms in total. The van der Waals surface area contributed by atoms with E-state index in [1.165, 1.54) is 6.92 Å². The first kappa shape index (κ1) is 12.0. The zero-order chi connectivity index (χ0) is 12.5. The number of hydrogen-bond donors (Lipinski definition) is 2. The Morgan fingerprint density at radius 3 is 2.94 bits per heavy atom. The summed E-state index contributed by atoms with van der Waals surface area (Å²) in [6.07, 6.45) is 1.80. The minimum atomic E-state index is -2.07. The van der Waals surface area contributed by atoms with Gasteiger partial charge in [0.2, 0.25) is 17.5 Å². The average Bonchev–Trinajstić information content (AvgIpc) is 2.78. The van der Waals surface area contributed by atoms with Gasteiger partial charge in [0.15, 0.2) is 0 Å².